The average molecular weight is 221 g/mol. The van der Waals surface area contributed by atoms with Crippen molar-refractivity contribution in [1.82, 2.24) is 0 Å². The number of nitrogens with two attached hydrogens (primary N) is 1. The highest BCUT2D eigenvalue weighted by atomic mass is 16.5. The molecular formula is C13H19NO2. The minimum atomic E-state index is -0.563. The minimum absolute atomic E-state index is 0.0720. The van der Waals surface area contributed by atoms with E-state index in [1.54, 1.807) is 0 Å². The highest BCUT2D eigenvalue weighted by molar-refractivity contribution is 5.79. The smallest absolute Gasteiger partial charge is 0.258 e. The van der Waals surface area contributed by atoms with Crippen LogP contribution < -0.4 is 10.5 Å². The summed E-state index contributed by atoms with van der Waals surface area (Å²) in [4.78, 5) is 11.2. The molecule has 3 heteroatoms. The van der Waals surface area contributed by atoms with Gasteiger partial charge in [-0.1, -0.05) is 32.9 Å². The number of ether oxygens (including phenoxy) is 1. The summed E-state index contributed by atoms with van der Waals surface area (Å²) in [5.41, 5.74) is 6.48. The van der Waals surface area contributed by atoms with Crippen molar-refractivity contribution in [3.63, 3.8) is 0 Å². The number of hydrogen-bond acceptors (Lipinski definition) is 2. The van der Waals surface area contributed by atoms with Crippen LogP contribution in [-0.4, -0.2) is 12.0 Å². The predicted octanol–water partition coefficient (Wildman–Crippen LogP) is 2.14. The molecule has 3 nitrogen and oxygen atoms in total. The van der Waals surface area contributed by atoms with Gasteiger partial charge in [0, 0.05) is 0 Å². The van der Waals surface area contributed by atoms with Crippen molar-refractivity contribution in [1.29, 1.82) is 0 Å². The maximum absolute atomic E-state index is 11.2. The fourth-order valence-electron chi connectivity index (χ4n) is 1.51. The van der Waals surface area contributed by atoms with Crippen molar-refractivity contribution >= 4 is 5.91 Å². The molecule has 1 rings (SSSR count). The maximum atomic E-state index is 11.2. The highest BCUT2D eigenvalue weighted by Crippen LogP contribution is 2.17. The summed E-state index contributed by atoms with van der Waals surface area (Å²) in [5, 5.41) is 0. The van der Waals surface area contributed by atoms with E-state index in [2.05, 4.69) is 6.92 Å². The standard InChI is InChI=1S/C13H19NO2/c1-4-10-6-5-7-11(8-10)16-12(9(2)3)13(14)15/h5-9,12H,4H2,1-3H3,(H2,14,15). The van der Waals surface area contributed by atoms with Crippen LogP contribution in [0.15, 0.2) is 24.3 Å². The molecule has 1 atom stereocenters. The second kappa shape index (κ2) is 5.54. The molecule has 0 heterocycles. The van der Waals surface area contributed by atoms with Crippen molar-refractivity contribution in [2.24, 2.45) is 11.7 Å². The van der Waals surface area contributed by atoms with Crippen molar-refractivity contribution < 1.29 is 9.53 Å². The van der Waals surface area contributed by atoms with E-state index in [9.17, 15) is 4.79 Å². The Balaban J connectivity index is 2.81. The van der Waals surface area contributed by atoms with Crippen molar-refractivity contribution in [3.8, 4) is 5.75 Å². The Bertz CT molecular complexity index is 361. The van der Waals surface area contributed by atoms with E-state index in [0.717, 1.165) is 6.42 Å². The molecule has 0 aliphatic heterocycles. The predicted molar refractivity (Wildman–Crippen MR) is 64.3 cm³/mol. The van der Waals surface area contributed by atoms with Gasteiger partial charge in [0.2, 0.25) is 0 Å². The van der Waals surface area contributed by atoms with E-state index in [0.29, 0.717) is 5.75 Å². The molecule has 1 amide bonds. The Kier molecular flexibility index (Phi) is 4.35. The van der Waals surface area contributed by atoms with E-state index in [-0.39, 0.29) is 5.92 Å². The van der Waals surface area contributed by atoms with Gasteiger partial charge >= 0.3 is 0 Å². The lowest BCUT2D eigenvalue weighted by Gasteiger charge is -2.19. The van der Waals surface area contributed by atoms with E-state index in [4.69, 9.17) is 10.5 Å². The molecule has 0 radical (unpaired) electrons. The molecule has 2 N–H and O–H groups in total. The lowest BCUT2D eigenvalue weighted by Crippen LogP contribution is -2.37. The molecule has 0 bridgehead atoms. The number of benzene rings is 1. The molecule has 0 spiro atoms. The zero-order chi connectivity index (χ0) is 12.1. The molecule has 0 aliphatic carbocycles. The number of hydrogen-bond donors (Lipinski definition) is 1. The average Bonchev–Trinajstić information content (AvgIpc) is 2.25. The summed E-state index contributed by atoms with van der Waals surface area (Å²) < 4.78 is 5.61. The van der Waals surface area contributed by atoms with Gasteiger partial charge in [0.15, 0.2) is 6.10 Å². The molecule has 0 aliphatic rings. The highest BCUT2D eigenvalue weighted by Gasteiger charge is 2.21. The van der Waals surface area contributed by atoms with Gasteiger partial charge in [0.25, 0.3) is 5.91 Å². The van der Waals surface area contributed by atoms with E-state index in [1.807, 2.05) is 38.1 Å². The van der Waals surface area contributed by atoms with Crippen LogP contribution in [0.4, 0.5) is 0 Å². The molecule has 0 saturated heterocycles. The van der Waals surface area contributed by atoms with Gasteiger partial charge in [-0.05, 0) is 30.0 Å². The number of carbonyl (C=O) groups is 1. The topological polar surface area (TPSA) is 52.3 Å². The Labute approximate surface area is 96.6 Å². The molecule has 0 saturated carbocycles. The van der Waals surface area contributed by atoms with Gasteiger partial charge in [-0.2, -0.15) is 0 Å². The molecule has 0 fully saturated rings. The number of carbonyl (C=O) groups excluding carboxylic acids is 1. The van der Waals surface area contributed by atoms with Crippen LogP contribution in [0, 0.1) is 5.92 Å². The van der Waals surface area contributed by atoms with Gasteiger partial charge in [0.1, 0.15) is 5.75 Å². The summed E-state index contributed by atoms with van der Waals surface area (Å²) in [7, 11) is 0. The summed E-state index contributed by atoms with van der Waals surface area (Å²) in [6, 6.07) is 7.74. The van der Waals surface area contributed by atoms with Crippen LogP contribution in [0.1, 0.15) is 26.3 Å². The zero-order valence-corrected chi connectivity index (χ0v) is 10.1. The maximum Gasteiger partial charge on any atom is 0.258 e. The van der Waals surface area contributed by atoms with Gasteiger partial charge < -0.3 is 10.5 Å². The van der Waals surface area contributed by atoms with Crippen molar-refractivity contribution in [2.75, 3.05) is 0 Å². The minimum Gasteiger partial charge on any atom is -0.480 e. The first-order chi connectivity index (χ1) is 7.54. The Hall–Kier alpha value is -1.51. The lowest BCUT2D eigenvalue weighted by molar-refractivity contribution is -0.126. The van der Waals surface area contributed by atoms with Crippen LogP contribution in [0.25, 0.3) is 0 Å². The zero-order valence-electron chi connectivity index (χ0n) is 10.1. The van der Waals surface area contributed by atoms with Gasteiger partial charge in [-0.25, -0.2) is 0 Å². The number of amides is 1. The summed E-state index contributed by atoms with van der Waals surface area (Å²) >= 11 is 0. The second-order valence-corrected chi connectivity index (χ2v) is 4.19. The fourth-order valence-corrected chi connectivity index (χ4v) is 1.51. The first-order valence-corrected chi connectivity index (χ1v) is 5.59. The van der Waals surface area contributed by atoms with Crippen molar-refractivity contribution in [3.05, 3.63) is 29.8 Å². The van der Waals surface area contributed by atoms with E-state index >= 15 is 0 Å². The Morgan fingerprint density at radius 1 is 1.44 bits per heavy atom. The van der Waals surface area contributed by atoms with Crippen LogP contribution in [0.3, 0.4) is 0 Å². The number of rotatable bonds is 5. The third-order valence-electron chi connectivity index (χ3n) is 2.46. The van der Waals surface area contributed by atoms with Crippen molar-refractivity contribution in [2.45, 2.75) is 33.3 Å². The molecule has 88 valence electrons. The van der Waals surface area contributed by atoms with Gasteiger partial charge in [-0.3, -0.25) is 4.79 Å². The quantitative estimate of drug-likeness (QED) is 0.828. The van der Waals surface area contributed by atoms with Crippen LogP contribution in [-0.2, 0) is 11.2 Å². The molecule has 1 aromatic rings. The monoisotopic (exact) mass is 221 g/mol. The molecule has 0 aromatic heterocycles. The first-order valence-electron chi connectivity index (χ1n) is 5.59. The third-order valence-corrected chi connectivity index (χ3v) is 2.46. The molecule has 1 unspecified atom stereocenters. The lowest BCUT2D eigenvalue weighted by atomic mass is 10.1. The Morgan fingerprint density at radius 2 is 2.12 bits per heavy atom. The van der Waals surface area contributed by atoms with Crippen LogP contribution in [0.5, 0.6) is 5.75 Å². The summed E-state index contributed by atoms with van der Waals surface area (Å²) in [5.74, 6) is 0.358. The van der Waals surface area contributed by atoms with Gasteiger partial charge in [0.05, 0.1) is 0 Å². The summed E-state index contributed by atoms with van der Waals surface area (Å²) in [6.07, 6.45) is 0.382. The summed E-state index contributed by atoms with van der Waals surface area (Å²) in [6.45, 7) is 5.91. The van der Waals surface area contributed by atoms with Crippen LogP contribution >= 0.6 is 0 Å². The number of aryl methyl sites for hydroxylation is 1. The second-order valence-electron chi connectivity index (χ2n) is 4.19. The SMILES string of the molecule is CCc1cccc(OC(C(N)=O)C(C)C)c1. The van der Waals surface area contributed by atoms with E-state index in [1.165, 1.54) is 5.56 Å². The van der Waals surface area contributed by atoms with E-state index < -0.39 is 12.0 Å². The molecular weight excluding hydrogens is 202 g/mol. The normalized spacial score (nSPS) is 12.5. The molecule has 1 aromatic carbocycles. The van der Waals surface area contributed by atoms with Crippen LogP contribution in [0.2, 0.25) is 0 Å². The first kappa shape index (κ1) is 12.6. The molecule has 16 heavy (non-hydrogen) atoms. The largest absolute Gasteiger partial charge is 0.480 e. The third kappa shape index (κ3) is 3.26. The fraction of sp³-hybridized carbons (Fsp3) is 0.462. The number of primary amides is 1. The Morgan fingerprint density at radius 3 is 2.62 bits per heavy atom. The van der Waals surface area contributed by atoms with Gasteiger partial charge in [-0.15, -0.1) is 0 Å².